The molecule has 0 saturated heterocycles. The molecule has 4 aromatic rings. The number of amides is 1. The first kappa shape index (κ1) is 22.0. The lowest BCUT2D eigenvalue weighted by Gasteiger charge is -2.11. The molecular formula is C25H23N3O5. The maximum atomic E-state index is 12.8. The zero-order valence-electron chi connectivity index (χ0n) is 17.8. The lowest BCUT2D eigenvalue weighted by Crippen LogP contribution is -2.41. The monoisotopic (exact) mass is 445 g/mol. The van der Waals surface area contributed by atoms with Crippen LogP contribution < -0.4 is 16.6 Å². The lowest BCUT2D eigenvalue weighted by molar-refractivity contribution is -0.116. The number of furan rings is 1. The Kier molecular flexibility index (Phi) is 6.96. The topological polar surface area (TPSA) is 95.5 Å². The van der Waals surface area contributed by atoms with Crippen LogP contribution in [0.5, 0.6) is 0 Å². The highest BCUT2D eigenvalue weighted by molar-refractivity contribution is 5.90. The second-order valence-corrected chi connectivity index (χ2v) is 7.46. The summed E-state index contributed by atoms with van der Waals surface area (Å²) in [6.45, 7) is 0.608. The van der Waals surface area contributed by atoms with Crippen molar-refractivity contribution in [2.45, 2.75) is 26.3 Å². The number of carbonyl (C=O) groups is 1. The molecule has 1 amide bonds. The summed E-state index contributed by atoms with van der Waals surface area (Å²) >= 11 is 0. The smallest absolute Gasteiger partial charge is 0.331 e. The SMILES string of the molecule is O=C(Cn1c(=O)ccn(Cc2ccccc2)c1=O)Nc1cccc(COCc2ccco2)c1. The number of hydrogen-bond donors (Lipinski definition) is 1. The van der Waals surface area contributed by atoms with Gasteiger partial charge in [-0.25, -0.2) is 4.79 Å². The maximum absolute atomic E-state index is 12.8. The summed E-state index contributed by atoms with van der Waals surface area (Å²) < 4.78 is 13.2. The summed E-state index contributed by atoms with van der Waals surface area (Å²) in [4.78, 5) is 37.6. The van der Waals surface area contributed by atoms with Crippen LogP contribution in [-0.2, 0) is 35.8 Å². The Labute approximate surface area is 189 Å². The van der Waals surface area contributed by atoms with E-state index in [0.29, 0.717) is 25.4 Å². The minimum absolute atomic E-state index is 0.307. The van der Waals surface area contributed by atoms with Gasteiger partial charge in [-0.05, 0) is 35.4 Å². The molecular weight excluding hydrogens is 422 g/mol. The second kappa shape index (κ2) is 10.4. The molecule has 0 radical (unpaired) electrons. The predicted molar refractivity (Wildman–Crippen MR) is 123 cm³/mol. The van der Waals surface area contributed by atoms with E-state index in [9.17, 15) is 14.4 Å². The van der Waals surface area contributed by atoms with Crippen molar-refractivity contribution < 1.29 is 13.9 Å². The first-order valence-corrected chi connectivity index (χ1v) is 10.4. The summed E-state index contributed by atoms with van der Waals surface area (Å²) in [7, 11) is 0. The zero-order valence-corrected chi connectivity index (χ0v) is 17.8. The molecule has 2 aromatic heterocycles. The van der Waals surface area contributed by atoms with Gasteiger partial charge in [0.1, 0.15) is 18.9 Å². The molecule has 0 spiro atoms. The van der Waals surface area contributed by atoms with Crippen LogP contribution in [0.4, 0.5) is 5.69 Å². The molecule has 1 N–H and O–H groups in total. The lowest BCUT2D eigenvalue weighted by atomic mass is 10.2. The third-order valence-electron chi connectivity index (χ3n) is 4.94. The Hall–Kier alpha value is -4.17. The van der Waals surface area contributed by atoms with E-state index < -0.39 is 17.2 Å². The van der Waals surface area contributed by atoms with Crippen molar-refractivity contribution in [1.29, 1.82) is 0 Å². The van der Waals surface area contributed by atoms with Gasteiger partial charge in [-0.3, -0.25) is 18.7 Å². The molecule has 0 unspecified atom stereocenters. The predicted octanol–water partition coefficient (Wildman–Crippen LogP) is 3.01. The molecule has 0 aliphatic heterocycles. The number of ether oxygens (including phenoxy) is 1. The number of nitrogens with zero attached hydrogens (tertiary/aromatic N) is 2. The van der Waals surface area contributed by atoms with Gasteiger partial charge in [0.25, 0.3) is 5.56 Å². The minimum atomic E-state index is -0.540. The van der Waals surface area contributed by atoms with E-state index in [-0.39, 0.29) is 6.54 Å². The van der Waals surface area contributed by atoms with E-state index in [1.165, 1.54) is 16.8 Å². The molecule has 0 aliphatic carbocycles. The van der Waals surface area contributed by atoms with Crippen molar-refractivity contribution in [2.24, 2.45) is 0 Å². The third-order valence-corrected chi connectivity index (χ3v) is 4.94. The third kappa shape index (κ3) is 5.96. The number of nitrogens with one attached hydrogen (secondary N) is 1. The van der Waals surface area contributed by atoms with E-state index in [0.717, 1.165) is 21.5 Å². The quantitative estimate of drug-likeness (QED) is 0.427. The van der Waals surface area contributed by atoms with Gasteiger partial charge in [-0.2, -0.15) is 0 Å². The fraction of sp³-hybridized carbons (Fsp3) is 0.160. The van der Waals surface area contributed by atoms with Crippen molar-refractivity contribution in [3.8, 4) is 0 Å². The Bertz CT molecular complexity index is 1320. The normalized spacial score (nSPS) is 10.8. The summed E-state index contributed by atoms with van der Waals surface area (Å²) in [5.41, 5.74) is 1.26. The highest BCUT2D eigenvalue weighted by atomic mass is 16.5. The van der Waals surface area contributed by atoms with E-state index in [4.69, 9.17) is 9.15 Å². The van der Waals surface area contributed by atoms with Gasteiger partial charge in [0.15, 0.2) is 0 Å². The first-order valence-electron chi connectivity index (χ1n) is 10.4. The summed E-state index contributed by atoms with van der Waals surface area (Å²) in [5.74, 6) is 0.256. The average molecular weight is 445 g/mol. The molecule has 0 saturated carbocycles. The summed E-state index contributed by atoms with van der Waals surface area (Å²) in [5, 5.41) is 2.74. The number of rotatable bonds is 9. The van der Waals surface area contributed by atoms with Gasteiger partial charge >= 0.3 is 5.69 Å². The zero-order chi connectivity index (χ0) is 23.0. The summed E-state index contributed by atoms with van der Waals surface area (Å²) in [6, 6.07) is 21.5. The number of hydrogen-bond acceptors (Lipinski definition) is 5. The fourth-order valence-corrected chi connectivity index (χ4v) is 3.35. The van der Waals surface area contributed by atoms with E-state index in [1.807, 2.05) is 42.5 Å². The number of carbonyl (C=O) groups excluding carboxylic acids is 1. The highest BCUT2D eigenvalue weighted by Gasteiger charge is 2.11. The molecule has 8 nitrogen and oxygen atoms in total. The highest BCUT2D eigenvalue weighted by Crippen LogP contribution is 2.13. The van der Waals surface area contributed by atoms with Gasteiger partial charge in [-0.15, -0.1) is 0 Å². The standard InChI is InChI=1S/C25H23N3O5/c29-23(26-21-9-4-8-20(14-21)17-32-18-22-10-5-13-33-22)16-28-24(30)11-12-27(25(28)31)15-19-6-2-1-3-7-19/h1-14H,15-18H2,(H,26,29). The van der Waals surface area contributed by atoms with Gasteiger partial charge in [0, 0.05) is 18.0 Å². The van der Waals surface area contributed by atoms with E-state index in [1.54, 1.807) is 30.5 Å². The van der Waals surface area contributed by atoms with E-state index >= 15 is 0 Å². The van der Waals surface area contributed by atoms with Crippen LogP contribution in [-0.4, -0.2) is 15.0 Å². The van der Waals surface area contributed by atoms with Crippen molar-refractivity contribution in [3.63, 3.8) is 0 Å². The molecule has 0 aliphatic rings. The number of benzene rings is 2. The Morgan fingerprint density at radius 3 is 2.52 bits per heavy atom. The van der Waals surface area contributed by atoms with Gasteiger partial charge < -0.3 is 14.5 Å². The molecule has 2 aromatic carbocycles. The molecule has 33 heavy (non-hydrogen) atoms. The van der Waals surface area contributed by atoms with Crippen molar-refractivity contribution in [2.75, 3.05) is 5.32 Å². The van der Waals surface area contributed by atoms with Crippen LogP contribution in [0.2, 0.25) is 0 Å². The van der Waals surface area contributed by atoms with Crippen LogP contribution in [0.1, 0.15) is 16.9 Å². The van der Waals surface area contributed by atoms with Gasteiger partial charge in [-0.1, -0.05) is 42.5 Å². The van der Waals surface area contributed by atoms with Gasteiger partial charge in [0.2, 0.25) is 5.91 Å². The molecule has 0 atom stereocenters. The average Bonchev–Trinajstić information content (AvgIpc) is 3.33. The minimum Gasteiger partial charge on any atom is -0.467 e. The van der Waals surface area contributed by atoms with Crippen LogP contribution in [0, 0.1) is 0 Å². The van der Waals surface area contributed by atoms with Crippen molar-refractivity contribution >= 4 is 11.6 Å². The first-order chi connectivity index (χ1) is 16.1. The van der Waals surface area contributed by atoms with Crippen molar-refractivity contribution in [3.05, 3.63) is 123 Å². The van der Waals surface area contributed by atoms with Crippen LogP contribution in [0.15, 0.2) is 99.3 Å². The Morgan fingerprint density at radius 1 is 0.909 bits per heavy atom. The van der Waals surface area contributed by atoms with Gasteiger partial charge in [0.05, 0.1) is 19.4 Å². The molecule has 2 heterocycles. The molecule has 0 bridgehead atoms. The Morgan fingerprint density at radius 2 is 1.73 bits per heavy atom. The van der Waals surface area contributed by atoms with Crippen LogP contribution in [0.25, 0.3) is 0 Å². The summed E-state index contributed by atoms with van der Waals surface area (Å²) in [6.07, 6.45) is 3.03. The number of aromatic nitrogens is 2. The van der Waals surface area contributed by atoms with Crippen LogP contribution in [0.3, 0.4) is 0 Å². The van der Waals surface area contributed by atoms with E-state index in [2.05, 4.69) is 5.32 Å². The van der Waals surface area contributed by atoms with Crippen LogP contribution >= 0.6 is 0 Å². The maximum Gasteiger partial charge on any atom is 0.331 e. The number of anilines is 1. The molecule has 168 valence electrons. The van der Waals surface area contributed by atoms with Crippen molar-refractivity contribution in [1.82, 2.24) is 9.13 Å². The second-order valence-electron chi connectivity index (χ2n) is 7.46. The molecule has 8 heteroatoms. The molecule has 0 fully saturated rings. The largest absolute Gasteiger partial charge is 0.467 e. The molecule has 4 rings (SSSR count). The fourth-order valence-electron chi connectivity index (χ4n) is 3.35. The Balaban J connectivity index is 1.40.